The molecule has 72 valence electrons. The molecule has 4 nitrogen and oxygen atoms in total. The Hall–Kier alpha value is -0.770. The van der Waals surface area contributed by atoms with Gasteiger partial charge < -0.3 is 16.4 Å². The Balaban J connectivity index is 3.06. The van der Waals surface area contributed by atoms with Crippen molar-refractivity contribution >= 4 is 5.96 Å². The van der Waals surface area contributed by atoms with Crippen molar-refractivity contribution in [3.05, 3.63) is 0 Å². The first-order chi connectivity index (χ1) is 5.63. The molecule has 0 saturated carbocycles. The molecule has 0 radical (unpaired) electrons. The largest absolute Gasteiger partial charge is 0.370 e. The van der Waals surface area contributed by atoms with Crippen molar-refractivity contribution in [3.8, 4) is 0 Å². The van der Waals surface area contributed by atoms with Gasteiger partial charge in [-0.3, -0.25) is 4.99 Å². The molecule has 0 rings (SSSR count). The third-order valence-corrected chi connectivity index (χ3v) is 1.56. The Labute approximate surface area is 74.6 Å². The normalized spacial score (nSPS) is 10.2. The van der Waals surface area contributed by atoms with Crippen molar-refractivity contribution in [1.29, 1.82) is 0 Å². The highest BCUT2D eigenvalue weighted by atomic mass is 15.0. The van der Waals surface area contributed by atoms with Crippen LogP contribution < -0.4 is 11.5 Å². The monoisotopic (exact) mass is 172 g/mol. The molecule has 12 heavy (non-hydrogen) atoms. The van der Waals surface area contributed by atoms with Crippen LogP contribution in [0.2, 0.25) is 0 Å². The van der Waals surface area contributed by atoms with E-state index in [4.69, 9.17) is 11.5 Å². The zero-order valence-electron chi connectivity index (χ0n) is 8.08. The average molecular weight is 172 g/mol. The minimum Gasteiger partial charge on any atom is -0.370 e. The van der Waals surface area contributed by atoms with Gasteiger partial charge in [0.25, 0.3) is 0 Å². The number of hydrogen-bond donors (Lipinski definition) is 2. The summed E-state index contributed by atoms with van der Waals surface area (Å²) in [7, 11) is 4.16. The maximum absolute atomic E-state index is 5.17. The van der Waals surface area contributed by atoms with Gasteiger partial charge in [0.05, 0.1) is 0 Å². The molecule has 0 spiro atoms. The number of nitrogens with zero attached hydrogens (tertiary/aromatic N) is 2. The number of hydrogen-bond acceptors (Lipinski definition) is 2. The summed E-state index contributed by atoms with van der Waals surface area (Å²) in [5.41, 5.74) is 10.3. The SMILES string of the molecule is CN(C)CCCCCN=C(N)N. The quantitative estimate of drug-likeness (QED) is 0.336. The molecular weight excluding hydrogens is 152 g/mol. The van der Waals surface area contributed by atoms with Crippen LogP contribution in [0.1, 0.15) is 19.3 Å². The van der Waals surface area contributed by atoms with Crippen LogP contribution in [0.3, 0.4) is 0 Å². The lowest BCUT2D eigenvalue weighted by molar-refractivity contribution is 0.392. The molecule has 0 bridgehead atoms. The summed E-state index contributed by atoms with van der Waals surface area (Å²) in [5.74, 6) is 0.197. The molecular formula is C8H20N4. The van der Waals surface area contributed by atoms with Crippen LogP contribution in [-0.4, -0.2) is 38.0 Å². The summed E-state index contributed by atoms with van der Waals surface area (Å²) >= 11 is 0. The second kappa shape index (κ2) is 6.91. The molecule has 0 heterocycles. The number of rotatable bonds is 6. The van der Waals surface area contributed by atoms with Gasteiger partial charge in [-0.15, -0.1) is 0 Å². The van der Waals surface area contributed by atoms with Gasteiger partial charge in [0.2, 0.25) is 0 Å². The first kappa shape index (κ1) is 11.2. The van der Waals surface area contributed by atoms with Crippen LogP contribution in [0, 0.1) is 0 Å². The van der Waals surface area contributed by atoms with E-state index in [1.807, 2.05) is 0 Å². The second-order valence-corrected chi connectivity index (χ2v) is 3.17. The first-order valence-corrected chi connectivity index (χ1v) is 4.33. The number of guanidine groups is 1. The Kier molecular flexibility index (Phi) is 6.47. The van der Waals surface area contributed by atoms with Gasteiger partial charge >= 0.3 is 0 Å². The van der Waals surface area contributed by atoms with Gasteiger partial charge in [0.1, 0.15) is 0 Å². The van der Waals surface area contributed by atoms with Crippen molar-refractivity contribution in [3.63, 3.8) is 0 Å². The fourth-order valence-corrected chi connectivity index (χ4v) is 0.925. The standard InChI is InChI=1S/C8H20N4/c1-12(2)7-5-3-4-6-11-8(9)10/h3-7H2,1-2H3,(H4,9,10,11). The Morgan fingerprint density at radius 2 is 1.83 bits per heavy atom. The highest BCUT2D eigenvalue weighted by Gasteiger charge is 1.90. The van der Waals surface area contributed by atoms with Gasteiger partial charge in [-0.25, -0.2) is 0 Å². The van der Waals surface area contributed by atoms with Gasteiger partial charge in [-0.2, -0.15) is 0 Å². The smallest absolute Gasteiger partial charge is 0.185 e. The van der Waals surface area contributed by atoms with E-state index in [0.29, 0.717) is 0 Å². The fraction of sp³-hybridized carbons (Fsp3) is 0.875. The third kappa shape index (κ3) is 9.23. The predicted octanol–water partition coefficient (Wildman–Crippen LogP) is -0.00830. The predicted molar refractivity (Wildman–Crippen MR) is 53.1 cm³/mol. The molecule has 0 amide bonds. The summed E-state index contributed by atoms with van der Waals surface area (Å²) in [6, 6.07) is 0. The van der Waals surface area contributed by atoms with Crippen LogP contribution in [0.4, 0.5) is 0 Å². The molecule has 0 atom stereocenters. The van der Waals surface area contributed by atoms with Crippen molar-refractivity contribution in [2.24, 2.45) is 16.5 Å². The van der Waals surface area contributed by atoms with E-state index in [0.717, 1.165) is 19.5 Å². The van der Waals surface area contributed by atoms with Crippen molar-refractivity contribution in [2.75, 3.05) is 27.2 Å². The molecule has 0 aliphatic rings. The second-order valence-electron chi connectivity index (χ2n) is 3.17. The van der Waals surface area contributed by atoms with Crippen LogP contribution in [0.5, 0.6) is 0 Å². The molecule has 0 saturated heterocycles. The Bertz CT molecular complexity index is 127. The molecule has 4 N–H and O–H groups in total. The number of aliphatic imine (C=N–C) groups is 1. The molecule has 0 fully saturated rings. The third-order valence-electron chi connectivity index (χ3n) is 1.56. The summed E-state index contributed by atoms with van der Waals surface area (Å²) in [4.78, 5) is 6.08. The number of nitrogens with two attached hydrogens (primary N) is 2. The van der Waals surface area contributed by atoms with E-state index < -0.39 is 0 Å². The maximum atomic E-state index is 5.17. The lowest BCUT2D eigenvalue weighted by atomic mass is 10.2. The topological polar surface area (TPSA) is 67.6 Å². The summed E-state index contributed by atoms with van der Waals surface area (Å²) < 4.78 is 0. The van der Waals surface area contributed by atoms with Crippen molar-refractivity contribution in [2.45, 2.75) is 19.3 Å². The van der Waals surface area contributed by atoms with Gasteiger partial charge in [0.15, 0.2) is 5.96 Å². The van der Waals surface area contributed by atoms with Crippen LogP contribution in [0.25, 0.3) is 0 Å². The van der Waals surface area contributed by atoms with E-state index in [1.54, 1.807) is 0 Å². The van der Waals surface area contributed by atoms with Crippen molar-refractivity contribution < 1.29 is 0 Å². The van der Waals surface area contributed by atoms with Gasteiger partial charge in [-0.1, -0.05) is 6.42 Å². The minimum absolute atomic E-state index is 0.197. The van der Waals surface area contributed by atoms with E-state index in [2.05, 4.69) is 24.0 Å². The lowest BCUT2D eigenvalue weighted by Crippen LogP contribution is -2.23. The van der Waals surface area contributed by atoms with Gasteiger partial charge in [0, 0.05) is 6.54 Å². The molecule has 0 aromatic carbocycles. The zero-order valence-corrected chi connectivity index (χ0v) is 8.08. The zero-order chi connectivity index (χ0) is 9.40. The molecule has 0 aromatic rings. The van der Waals surface area contributed by atoms with Gasteiger partial charge in [-0.05, 0) is 33.5 Å². The van der Waals surface area contributed by atoms with E-state index in [9.17, 15) is 0 Å². The molecule has 0 aromatic heterocycles. The first-order valence-electron chi connectivity index (χ1n) is 4.33. The van der Waals surface area contributed by atoms with Crippen molar-refractivity contribution in [1.82, 2.24) is 4.90 Å². The summed E-state index contributed by atoms with van der Waals surface area (Å²) in [6.45, 7) is 1.90. The van der Waals surface area contributed by atoms with E-state index >= 15 is 0 Å². The molecule has 4 heteroatoms. The van der Waals surface area contributed by atoms with Crippen LogP contribution in [-0.2, 0) is 0 Å². The highest BCUT2D eigenvalue weighted by molar-refractivity contribution is 5.75. The summed E-state index contributed by atoms with van der Waals surface area (Å²) in [6.07, 6.45) is 3.48. The van der Waals surface area contributed by atoms with E-state index in [-0.39, 0.29) is 5.96 Å². The lowest BCUT2D eigenvalue weighted by Gasteiger charge is -2.07. The highest BCUT2D eigenvalue weighted by Crippen LogP contribution is 1.96. The Morgan fingerprint density at radius 3 is 2.33 bits per heavy atom. The van der Waals surface area contributed by atoms with E-state index in [1.165, 1.54) is 12.8 Å². The molecule has 0 aliphatic carbocycles. The van der Waals surface area contributed by atoms with Crippen LogP contribution in [0.15, 0.2) is 4.99 Å². The Morgan fingerprint density at radius 1 is 1.17 bits per heavy atom. The fourth-order valence-electron chi connectivity index (χ4n) is 0.925. The summed E-state index contributed by atoms with van der Waals surface area (Å²) in [5, 5.41) is 0. The maximum Gasteiger partial charge on any atom is 0.185 e. The number of unbranched alkanes of at least 4 members (excludes halogenated alkanes) is 2. The van der Waals surface area contributed by atoms with Crippen LogP contribution >= 0.6 is 0 Å². The molecule has 0 unspecified atom stereocenters. The average Bonchev–Trinajstić information content (AvgIpc) is 1.95. The minimum atomic E-state index is 0.197. The molecule has 0 aliphatic heterocycles.